The molecule has 3 aliphatic rings. The fraction of sp³-hybridized carbons (Fsp3) is 0.400. The number of ketones is 1. The molecule has 1 aromatic carbocycles. The second-order valence-corrected chi connectivity index (χ2v) is 9.62. The van der Waals surface area contributed by atoms with Crippen LogP contribution in [0.5, 0.6) is 0 Å². The summed E-state index contributed by atoms with van der Waals surface area (Å²) in [7, 11) is 0. The molecule has 1 unspecified atom stereocenters. The van der Waals surface area contributed by atoms with Gasteiger partial charge in [0.05, 0.1) is 22.6 Å². The van der Waals surface area contributed by atoms with Crippen LogP contribution < -0.4 is 0 Å². The summed E-state index contributed by atoms with van der Waals surface area (Å²) in [5.41, 5.74) is 3.73. The Bertz CT molecular complexity index is 861. The van der Waals surface area contributed by atoms with E-state index in [9.17, 15) is 10.1 Å². The van der Waals surface area contributed by atoms with E-state index in [1.54, 1.807) is 11.8 Å². The molecule has 1 aromatic rings. The van der Waals surface area contributed by atoms with E-state index in [0.717, 1.165) is 50.6 Å². The highest BCUT2D eigenvalue weighted by Gasteiger charge is 2.45. The monoisotopic (exact) mass is 414 g/mol. The second-order valence-electron chi connectivity index (χ2n) is 7.62. The van der Waals surface area contributed by atoms with Crippen LogP contribution in [-0.2, 0) is 4.79 Å². The van der Waals surface area contributed by atoms with Gasteiger partial charge < -0.3 is 4.90 Å². The second kappa shape index (κ2) is 6.03. The van der Waals surface area contributed by atoms with Crippen molar-refractivity contribution in [3.05, 3.63) is 56.2 Å². The van der Waals surface area contributed by atoms with Gasteiger partial charge >= 0.3 is 0 Å². The van der Waals surface area contributed by atoms with Crippen LogP contribution in [0.15, 0.2) is 50.6 Å². The van der Waals surface area contributed by atoms with Crippen LogP contribution in [0.3, 0.4) is 0 Å². The summed E-state index contributed by atoms with van der Waals surface area (Å²) >= 11 is 5.22. The van der Waals surface area contributed by atoms with Gasteiger partial charge in [0.1, 0.15) is 0 Å². The fourth-order valence-electron chi connectivity index (χ4n) is 4.13. The van der Waals surface area contributed by atoms with Crippen molar-refractivity contribution < 1.29 is 4.79 Å². The van der Waals surface area contributed by atoms with Crippen LogP contribution in [0.1, 0.15) is 38.2 Å². The van der Waals surface area contributed by atoms with Crippen LogP contribution in [-0.4, -0.2) is 23.0 Å². The van der Waals surface area contributed by atoms with Crippen LogP contribution in [0.25, 0.3) is 0 Å². The lowest BCUT2D eigenvalue weighted by atomic mass is 9.69. The van der Waals surface area contributed by atoms with E-state index in [2.05, 4.69) is 40.7 Å². The van der Waals surface area contributed by atoms with Gasteiger partial charge in [0.25, 0.3) is 0 Å². The molecule has 0 saturated carbocycles. The molecule has 0 spiro atoms. The molecule has 0 N–H and O–H groups in total. The van der Waals surface area contributed by atoms with Crippen molar-refractivity contribution in [3.8, 4) is 6.07 Å². The average molecular weight is 415 g/mol. The molecular formula is C20H19BrN2OS. The van der Waals surface area contributed by atoms with Crippen LogP contribution in [0.4, 0.5) is 0 Å². The molecule has 2 heterocycles. The maximum Gasteiger partial charge on any atom is 0.162 e. The molecule has 25 heavy (non-hydrogen) atoms. The molecule has 4 rings (SSSR count). The SMILES string of the molecule is CC1(C)CC(=O)C2=C(C1)N1CCSC1=C(C#N)C2c1ccc(Br)cc1. The van der Waals surface area contributed by atoms with Gasteiger partial charge in [-0.2, -0.15) is 5.26 Å². The molecular weight excluding hydrogens is 396 g/mol. The highest BCUT2D eigenvalue weighted by Crippen LogP contribution is 2.53. The number of thioether (sulfide) groups is 1. The maximum absolute atomic E-state index is 13.1. The Labute approximate surface area is 160 Å². The molecule has 3 nitrogen and oxygen atoms in total. The first kappa shape index (κ1) is 16.9. The van der Waals surface area contributed by atoms with Crippen molar-refractivity contribution in [3.63, 3.8) is 0 Å². The lowest BCUT2D eigenvalue weighted by Gasteiger charge is -2.42. The summed E-state index contributed by atoms with van der Waals surface area (Å²) in [6.07, 6.45) is 1.44. The Morgan fingerprint density at radius 2 is 2.00 bits per heavy atom. The van der Waals surface area contributed by atoms with Crippen LogP contribution >= 0.6 is 27.7 Å². The molecule has 0 amide bonds. The Balaban J connectivity index is 1.94. The number of nitrogens with zero attached hydrogens (tertiary/aromatic N) is 2. The minimum absolute atomic E-state index is 0.0251. The smallest absolute Gasteiger partial charge is 0.162 e. The van der Waals surface area contributed by atoms with Gasteiger partial charge in [-0.05, 0) is 29.5 Å². The first-order valence-electron chi connectivity index (χ1n) is 8.47. The number of hydrogen-bond acceptors (Lipinski definition) is 4. The molecule has 128 valence electrons. The number of rotatable bonds is 1. The number of allylic oxidation sites excluding steroid dienone is 3. The lowest BCUT2D eigenvalue weighted by Crippen LogP contribution is -2.38. The number of carbonyl (C=O) groups is 1. The van der Waals surface area contributed by atoms with E-state index < -0.39 is 0 Å². The van der Waals surface area contributed by atoms with E-state index in [1.807, 2.05) is 24.3 Å². The molecule has 0 bridgehead atoms. The van der Waals surface area contributed by atoms with E-state index in [4.69, 9.17) is 0 Å². The third-order valence-corrected chi connectivity index (χ3v) is 6.78. The molecule has 1 saturated heterocycles. The molecule has 2 aliphatic heterocycles. The summed E-state index contributed by atoms with van der Waals surface area (Å²) < 4.78 is 1.00. The number of fused-ring (bicyclic) bond motifs is 2. The highest BCUT2D eigenvalue weighted by atomic mass is 79.9. The molecule has 1 atom stereocenters. The van der Waals surface area contributed by atoms with Crippen molar-refractivity contribution in [1.82, 2.24) is 4.90 Å². The molecule has 0 aromatic heterocycles. The quantitative estimate of drug-likeness (QED) is 0.650. The number of carbonyl (C=O) groups excluding carboxylic acids is 1. The molecule has 1 fully saturated rings. The Kier molecular flexibility index (Phi) is 4.09. The predicted octanol–water partition coefficient (Wildman–Crippen LogP) is 4.97. The number of Topliss-reactive ketones (excluding diaryl/α,β-unsaturated/α-hetero) is 1. The largest absolute Gasteiger partial charge is 0.338 e. The lowest BCUT2D eigenvalue weighted by molar-refractivity contribution is -0.118. The Morgan fingerprint density at radius 3 is 2.68 bits per heavy atom. The first-order valence-corrected chi connectivity index (χ1v) is 10.3. The summed E-state index contributed by atoms with van der Waals surface area (Å²) in [5, 5.41) is 11.0. The third kappa shape index (κ3) is 2.76. The van der Waals surface area contributed by atoms with Crippen molar-refractivity contribution in [2.24, 2.45) is 5.41 Å². The van der Waals surface area contributed by atoms with Crippen molar-refractivity contribution in [2.45, 2.75) is 32.6 Å². The summed E-state index contributed by atoms with van der Waals surface area (Å²) in [6.45, 7) is 5.21. The summed E-state index contributed by atoms with van der Waals surface area (Å²) in [4.78, 5) is 15.4. The van der Waals surface area contributed by atoms with Gasteiger partial charge in [-0.1, -0.05) is 41.9 Å². The minimum Gasteiger partial charge on any atom is -0.338 e. The Hall–Kier alpha value is -1.51. The Morgan fingerprint density at radius 1 is 1.28 bits per heavy atom. The minimum atomic E-state index is -0.228. The van der Waals surface area contributed by atoms with Crippen molar-refractivity contribution in [1.29, 1.82) is 5.26 Å². The zero-order chi connectivity index (χ0) is 17.8. The standard InChI is InChI=1S/C20H19BrN2OS/c1-20(2)9-15-18(16(24)10-20)17(12-3-5-13(21)6-4-12)14(11-22)19-23(15)7-8-25-19/h3-6,17H,7-10H2,1-2H3. The molecule has 1 aliphatic carbocycles. The van der Waals surface area contributed by atoms with E-state index in [0.29, 0.717) is 6.42 Å². The molecule has 0 radical (unpaired) electrons. The van der Waals surface area contributed by atoms with Gasteiger partial charge in [0, 0.05) is 34.5 Å². The van der Waals surface area contributed by atoms with Crippen LogP contribution in [0.2, 0.25) is 0 Å². The van der Waals surface area contributed by atoms with Gasteiger partial charge in [0.2, 0.25) is 0 Å². The van der Waals surface area contributed by atoms with Gasteiger partial charge in [-0.15, -0.1) is 11.8 Å². The van der Waals surface area contributed by atoms with E-state index in [1.165, 1.54) is 0 Å². The molecule has 5 heteroatoms. The van der Waals surface area contributed by atoms with Crippen molar-refractivity contribution in [2.75, 3.05) is 12.3 Å². The maximum atomic E-state index is 13.1. The zero-order valence-corrected chi connectivity index (χ0v) is 16.7. The average Bonchev–Trinajstić information content (AvgIpc) is 3.03. The highest BCUT2D eigenvalue weighted by molar-refractivity contribution is 9.10. The van der Waals surface area contributed by atoms with Gasteiger partial charge in [0.15, 0.2) is 5.78 Å². The normalized spacial score (nSPS) is 25.0. The summed E-state index contributed by atoms with van der Waals surface area (Å²) in [5.74, 6) is 0.940. The first-order chi connectivity index (χ1) is 11.9. The van der Waals surface area contributed by atoms with Gasteiger partial charge in [-0.25, -0.2) is 0 Å². The topological polar surface area (TPSA) is 44.1 Å². The fourth-order valence-corrected chi connectivity index (χ4v) is 5.54. The number of hydrogen-bond donors (Lipinski definition) is 0. The van der Waals surface area contributed by atoms with E-state index in [-0.39, 0.29) is 17.1 Å². The number of nitriles is 1. The third-order valence-electron chi connectivity index (χ3n) is 5.15. The van der Waals surface area contributed by atoms with E-state index >= 15 is 0 Å². The zero-order valence-electron chi connectivity index (χ0n) is 14.3. The number of halogens is 1. The summed E-state index contributed by atoms with van der Waals surface area (Å²) in [6, 6.07) is 10.5. The van der Waals surface area contributed by atoms with Crippen LogP contribution in [0, 0.1) is 16.7 Å². The number of benzene rings is 1. The van der Waals surface area contributed by atoms with Gasteiger partial charge in [-0.3, -0.25) is 4.79 Å². The van der Waals surface area contributed by atoms with Crippen molar-refractivity contribution >= 4 is 33.5 Å². The predicted molar refractivity (Wildman–Crippen MR) is 104 cm³/mol.